The summed E-state index contributed by atoms with van der Waals surface area (Å²) >= 11 is 0. The Morgan fingerprint density at radius 3 is 2.20 bits per heavy atom. The van der Waals surface area contributed by atoms with Crippen LogP contribution >= 0.6 is 0 Å². The van der Waals surface area contributed by atoms with Gasteiger partial charge in [0.2, 0.25) is 0 Å². The van der Waals surface area contributed by atoms with Gasteiger partial charge in [0, 0.05) is 18.3 Å². The molecule has 0 saturated heterocycles. The molecule has 3 rings (SSSR count). The van der Waals surface area contributed by atoms with Crippen LogP contribution in [0.4, 0.5) is 5.69 Å². The topological polar surface area (TPSA) is 21.3 Å². The van der Waals surface area contributed by atoms with Crippen LogP contribution in [0.25, 0.3) is 11.1 Å². The molecule has 0 fully saturated rings. The van der Waals surface area contributed by atoms with E-state index in [4.69, 9.17) is 4.74 Å². The van der Waals surface area contributed by atoms with Crippen molar-refractivity contribution in [2.75, 3.05) is 12.4 Å². The van der Waals surface area contributed by atoms with E-state index in [9.17, 15) is 0 Å². The molecule has 3 aromatic carbocycles. The van der Waals surface area contributed by atoms with Crippen molar-refractivity contribution in [1.29, 1.82) is 0 Å². The second kappa shape index (κ2) is 7.43. The molecule has 2 heteroatoms. The minimum atomic E-state index is 0.563. The summed E-state index contributed by atoms with van der Waals surface area (Å²) in [6, 6.07) is 21.3. The molecule has 0 aliphatic heterocycles. The molecular formula is C23H25NO. The number of nitrogens with one attached hydrogen (secondary N) is 1. The van der Waals surface area contributed by atoms with Gasteiger partial charge in [-0.25, -0.2) is 0 Å². The molecule has 128 valence electrons. The molecule has 25 heavy (non-hydrogen) atoms. The fraction of sp³-hybridized carbons (Fsp3) is 0.217. The molecule has 0 bridgehead atoms. The van der Waals surface area contributed by atoms with Crippen LogP contribution in [0.1, 0.15) is 22.3 Å². The van der Waals surface area contributed by atoms with E-state index in [0.29, 0.717) is 6.61 Å². The molecule has 0 aliphatic rings. The molecule has 0 unspecified atom stereocenters. The van der Waals surface area contributed by atoms with Crippen LogP contribution in [0.5, 0.6) is 5.75 Å². The smallest absolute Gasteiger partial charge is 0.122 e. The SMILES string of the molecule is CNc1cccc(C)c1COc1ccc(-c2ccc(C)cc2)cc1C. The molecule has 3 aromatic rings. The molecular weight excluding hydrogens is 306 g/mol. The van der Waals surface area contributed by atoms with Crippen LogP contribution in [0, 0.1) is 20.8 Å². The number of hydrogen-bond acceptors (Lipinski definition) is 2. The van der Waals surface area contributed by atoms with Crippen molar-refractivity contribution < 1.29 is 4.74 Å². The lowest BCUT2D eigenvalue weighted by atomic mass is 10.0. The first-order valence-corrected chi connectivity index (χ1v) is 8.65. The quantitative estimate of drug-likeness (QED) is 0.628. The first kappa shape index (κ1) is 17.1. The van der Waals surface area contributed by atoms with Crippen LogP contribution in [-0.4, -0.2) is 7.05 Å². The second-order valence-corrected chi connectivity index (χ2v) is 6.49. The third-order valence-electron chi connectivity index (χ3n) is 4.61. The molecule has 0 spiro atoms. The van der Waals surface area contributed by atoms with Gasteiger partial charge in [-0.15, -0.1) is 0 Å². The zero-order valence-corrected chi connectivity index (χ0v) is 15.4. The zero-order valence-electron chi connectivity index (χ0n) is 15.4. The van der Waals surface area contributed by atoms with Crippen molar-refractivity contribution in [3.05, 3.63) is 82.9 Å². The minimum absolute atomic E-state index is 0.563. The summed E-state index contributed by atoms with van der Waals surface area (Å²) in [5.74, 6) is 0.932. The Kier molecular flexibility index (Phi) is 5.08. The summed E-state index contributed by atoms with van der Waals surface area (Å²) in [4.78, 5) is 0. The van der Waals surface area contributed by atoms with Crippen LogP contribution in [0.15, 0.2) is 60.7 Å². The van der Waals surface area contributed by atoms with E-state index < -0.39 is 0 Å². The lowest BCUT2D eigenvalue weighted by Crippen LogP contribution is -2.03. The molecule has 0 aliphatic carbocycles. The Labute approximate surface area is 150 Å². The van der Waals surface area contributed by atoms with E-state index in [0.717, 1.165) is 17.0 Å². The van der Waals surface area contributed by atoms with E-state index >= 15 is 0 Å². The van der Waals surface area contributed by atoms with E-state index in [1.54, 1.807) is 0 Å². The van der Waals surface area contributed by atoms with Gasteiger partial charge in [0.15, 0.2) is 0 Å². The summed E-state index contributed by atoms with van der Waals surface area (Å²) in [5, 5.41) is 3.24. The summed E-state index contributed by atoms with van der Waals surface area (Å²) in [5.41, 5.74) is 8.44. The van der Waals surface area contributed by atoms with Crippen molar-refractivity contribution in [1.82, 2.24) is 0 Å². The van der Waals surface area contributed by atoms with E-state index in [2.05, 4.69) is 86.8 Å². The predicted molar refractivity (Wildman–Crippen MR) is 106 cm³/mol. The van der Waals surface area contributed by atoms with Crippen molar-refractivity contribution in [2.45, 2.75) is 27.4 Å². The van der Waals surface area contributed by atoms with Crippen molar-refractivity contribution in [3.63, 3.8) is 0 Å². The standard InChI is InChI=1S/C23H25NO/c1-16-8-10-19(11-9-16)20-12-13-23(18(3)14-20)25-15-21-17(2)6-5-7-22(21)24-4/h5-14,24H,15H2,1-4H3. The maximum atomic E-state index is 6.12. The highest BCUT2D eigenvalue weighted by Crippen LogP contribution is 2.28. The Bertz CT molecular complexity index is 866. The van der Waals surface area contributed by atoms with E-state index in [1.807, 2.05) is 7.05 Å². The molecule has 0 saturated carbocycles. The van der Waals surface area contributed by atoms with Crippen LogP contribution in [0.2, 0.25) is 0 Å². The number of rotatable bonds is 5. The summed E-state index contributed by atoms with van der Waals surface area (Å²) in [6.45, 7) is 6.89. The Morgan fingerprint density at radius 1 is 0.800 bits per heavy atom. The number of anilines is 1. The van der Waals surface area contributed by atoms with Gasteiger partial charge in [0.1, 0.15) is 12.4 Å². The molecule has 1 N–H and O–H groups in total. The maximum Gasteiger partial charge on any atom is 0.122 e. The number of aryl methyl sites for hydroxylation is 3. The van der Waals surface area contributed by atoms with Gasteiger partial charge in [-0.05, 0) is 61.2 Å². The number of benzene rings is 3. The fourth-order valence-corrected chi connectivity index (χ4v) is 3.01. The molecule has 2 nitrogen and oxygen atoms in total. The highest BCUT2D eigenvalue weighted by Gasteiger charge is 2.08. The number of hydrogen-bond donors (Lipinski definition) is 1. The van der Waals surface area contributed by atoms with Gasteiger partial charge in [-0.1, -0.05) is 48.0 Å². The van der Waals surface area contributed by atoms with Crippen molar-refractivity contribution in [3.8, 4) is 16.9 Å². The summed E-state index contributed by atoms with van der Waals surface area (Å²) < 4.78 is 6.12. The third kappa shape index (κ3) is 3.85. The van der Waals surface area contributed by atoms with E-state index in [-0.39, 0.29) is 0 Å². The third-order valence-corrected chi connectivity index (χ3v) is 4.61. The van der Waals surface area contributed by atoms with Gasteiger partial charge >= 0.3 is 0 Å². The number of ether oxygens (including phenoxy) is 1. The summed E-state index contributed by atoms with van der Waals surface area (Å²) in [7, 11) is 1.94. The Hall–Kier alpha value is -2.74. The zero-order chi connectivity index (χ0) is 17.8. The lowest BCUT2D eigenvalue weighted by Gasteiger charge is -2.15. The average Bonchev–Trinajstić information content (AvgIpc) is 2.62. The summed E-state index contributed by atoms with van der Waals surface area (Å²) in [6.07, 6.45) is 0. The molecule has 0 aromatic heterocycles. The predicted octanol–water partition coefficient (Wildman–Crippen LogP) is 5.90. The second-order valence-electron chi connectivity index (χ2n) is 6.49. The minimum Gasteiger partial charge on any atom is -0.489 e. The van der Waals surface area contributed by atoms with Crippen LogP contribution < -0.4 is 10.1 Å². The highest BCUT2D eigenvalue weighted by atomic mass is 16.5. The normalized spacial score (nSPS) is 10.6. The van der Waals surface area contributed by atoms with Gasteiger partial charge in [-0.3, -0.25) is 0 Å². The Morgan fingerprint density at radius 2 is 1.52 bits per heavy atom. The van der Waals surface area contributed by atoms with Gasteiger partial charge in [0.05, 0.1) is 0 Å². The molecule has 0 heterocycles. The van der Waals surface area contributed by atoms with Gasteiger partial charge in [0.25, 0.3) is 0 Å². The van der Waals surface area contributed by atoms with Crippen LogP contribution in [-0.2, 0) is 6.61 Å². The lowest BCUT2D eigenvalue weighted by molar-refractivity contribution is 0.304. The van der Waals surface area contributed by atoms with Crippen molar-refractivity contribution in [2.24, 2.45) is 0 Å². The molecule has 0 radical (unpaired) electrons. The Balaban J connectivity index is 1.79. The van der Waals surface area contributed by atoms with Crippen LogP contribution in [0.3, 0.4) is 0 Å². The monoisotopic (exact) mass is 331 g/mol. The molecule has 0 amide bonds. The fourth-order valence-electron chi connectivity index (χ4n) is 3.01. The maximum absolute atomic E-state index is 6.12. The molecule has 0 atom stereocenters. The highest BCUT2D eigenvalue weighted by molar-refractivity contribution is 5.66. The van der Waals surface area contributed by atoms with Crippen molar-refractivity contribution >= 4 is 5.69 Å². The first-order valence-electron chi connectivity index (χ1n) is 8.65. The largest absolute Gasteiger partial charge is 0.489 e. The van der Waals surface area contributed by atoms with E-state index in [1.165, 1.54) is 27.8 Å². The first-order chi connectivity index (χ1) is 12.1. The van der Waals surface area contributed by atoms with Gasteiger partial charge < -0.3 is 10.1 Å². The van der Waals surface area contributed by atoms with Gasteiger partial charge in [-0.2, -0.15) is 0 Å². The average molecular weight is 331 g/mol.